The SMILES string of the molecule is CCCNC(=O)C(C)NS(=O)(=O)c1ccc(C)cc1. The Morgan fingerprint density at radius 1 is 1.26 bits per heavy atom. The highest BCUT2D eigenvalue weighted by Crippen LogP contribution is 2.10. The largest absolute Gasteiger partial charge is 0.355 e. The Labute approximate surface area is 114 Å². The lowest BCUT2D eigenvalue weighted by atomic mass is 10.2. The van der Waals surface area contributed by atoms with Gasteiger partial charge in [0.1, 0.15) is 0 Å². The van der Waals surface area contributed by atoms with Gasteiger partial charge >= 0.3 is 0 Å². The molecule has 1 aromatic carbocycles. The van der Waals surface area contributed by atoms with Crippen LogP contribution >= 0.6 is 0 Å². The van der Waals surface area contributed by atoms with E-state index in [1.54, 1.807) is 12.1 Å². The summed E-state index contributed by atoms with van der Waals surface area (Å²) in [6.45, 7) is 5.87. The van der Waals surface area contributed by atoms with Crippen molar-refractivity contribution in [3.05, 3.63) is 29.8 Å². The Bertz CT molecular complexity index is 523. The van der Waals surface area contributed by atoms with Crippen LogP contribution in [0.1, 0.15) is 25.8 Å². The molecule has 6 heteroatoms. The second-order valence-electron chi connectivity index (χ2n) is 4.45. The summed E-state index contributed by atoms with van der Waals surface area (Å²) < 4.78 is 26.4. The molecule has 0 aliphatic rings. The molecule has 1 rings (SSSR count). The fourth-order valence-corrected chi connectivity index (χ4v) is 2.68. The quantitative estimate of drug-likeness (QED) is 0.824. The van der Waals surface area contributed by atoms with Crippen LogP contribution in [0.15, 0.2) is 29.2 Å². The molecule has 19 heavy (non-hydrogen) atoms. The Morgan fingerprint density at radius 3 is 2.37 bits per heavy atom. The van der Waals surface area contributed by atoms with E-state index in [-0.39, 0.29) is 10.8 Å². The van der Waals surface area contributed by atoms with Crippen LogP contribution in [0.3, 0.4) is 0 Å². The highest BCUT2D eigenvalue weighted by atomic mass is 32.2. The van der Waals surface area contributed by atoms with Gasteiger partial charge in [-0.3, -0.25) is 4.79 Å². The van der Waals surface area contributed by atoms with Gasteiger partial charge in [0.05, 0.1) is 10.9 Å². The van der Waals surface area contributed by atoms with E-state index in [9.17, 15) is 13.2 Å². The molecule has 0 aliphatic carbocycles. The first-order valence-electron chi connectivity index (χ1n) is 6.23. The minimum absolute atomic E-state index is 0.160. The van der Waals surface area contributed by atoms with Crippen molar-refractivity contribution < 1.29 is 13.2 Å². The fraction of sp³-hybridized carbons (Fsp3) is 0.462. The lowest BCUT2D eigenvalue weighted by molar-refractivity contribution is -0.122. The van der Waals surface area contributed by atoms with Gasteiger partial charge in [0.25, 0.3) is 0 Å². The first kappa shape index (κ1) is 15.7. The first-order chi connectivity index (χ1) is 8.86. The zero-order chi connectivity index (χ0) is 14.5. The third kappa shape index (κ3) is 4.65. The normalized spacial score (nSPS) is 13.0. The molecule has 1 unspecified atom stereocenters. The summed E-state index contributed by atoms with van der Waals surface area (Å²) in [6, 6.07) is 5.69. The van der Waals surface area contributed by atoms with Crippen LogP contribution in [0, 0.1) is 6.92 Å². The minimum Gasteiger partial charge on any atom is -0.355 e. The number of rotatable bonds is 6. The average Bonchev–Trinajstić information content (AvgIpc) is 2.35. The molecule has 0 aliphatic heterocycles. The monoisotopic (exact) mass is 284 g/mol. The van der Waals surface area contributed by atoms with Gasteiger partial charge in [-0.1, -0.05) is 24.6 Å². The molecule has 0 saturated heterocycles. The van der Waals surface area contributed by atoms with Crippen molar-refractivity contribution in [1.29, 1.82) is 0 Å². The molecule has 0 saturated carbocycles. The molecule has 0 bridgehead atoms. The molecule has 0 radical (unpaired) electrons. The number of amides is 1. The number of carbonyl (C=O) groups excluding carboxylic acids is 1. The van der Waals surface area contributed by atoms with Crippen LogP contribution in [-0.2, 0) is 14.8 Å². The molecular weight excluding hydrogens is 264 g/mol. The molecule has 106 valence electrons. The Kier molecular flexibility index (Phi) is 5.50. The average molecular weight is 284 g/mol. The molecular formula is C13H20N2O3S. The Hall–Kier alpha value is -1.40. The smallest absolute Gasteiger partial charge is 0.241 e. The number of hydrogen-bond donors (Lipinski definition) is 2. The van der Waals surface area contributed by atoms with E-state index in [1.165, 1.54) is 19.1 Å². The van der Waals surface area contributed by atoms with Crippen molar-refractivity contribution in [1.82, 2.24) is 10.0 Å². The highest BCUT2D eigenvalue weighted by molar-refractivity contribution is 7.89. The summed E-state index contributed by atoms with van der Waals surface area (Å²) in [5.74, 6) is -0.322. The van der Waals surface area contributed by atoms with Gasteiger partial charge in [0.15, 0.2) is 0 Å². The van der Waals surface area contributed by atoms with Crippen molar-refractivity contribution in [2.24, 2.45) is 0 Å². The summed E-state index contributed by atoms with van der Waals surface area (Å²) in [6.07, 6.45) is 0.809. The van der Waals surface area contributed by atoms with Gasteiger partial charge in [-0.25, -0.2) is 8.42 Å². The Balaban J connectivity index is 2.74. The van der Waals surface area contributed by atoms with Crippen LogP contribution in [0.5, 0.6) is 0 Å². The van der Waals surface area contributed by atoms with Crippen LogP contribution < -0.4 is 10.0 Å². The molecule has 0 heterocycles. The minimum atomic E-state index is -3.66. The molecule has 0 aromatic heterocycles. The molecule has 5 nitrogen and oxygen atoms in total. The number of carbonyl (C=O) groups is 1. The van der Waals surface area contributed by atoms with Crippen molar-refractivity contribution in [3.63, 3.8) is 0 Å². The predicted octanol–water partition coefficient (Wildman–Crippen LogP) is 1.19. The topological polar surface area (TPSA) is 75.3 Å². The van der Waals surface area contributed by atoms with E-state index < -0.39 is 16.1 Å². The van der Waals surface area contributed by atoms with Crippen LogP contribution in [0.2, 0.25) is 0 Å². The fourth-order valence-electron chi connectivity index (χ4n) is 1.47. The highest BCUT2D eigenvalue weighted by Gasteiger charge is 2.21. The molecule has 2 N–H and O–H groups in total. The zero-order valence-electron chi connectivity index (χ0n) is 11.4. The van der Waals surface area contributed by atoms with E-state index in [0.29, 0.717) is 6.54 Å². The third-order valence-electron chi connectivity index (χ3n) is 2.61. The molecule has 1 atom stereocenters. The van der Waals surface area contributed by atoms with E-state index in [0.717, 1.165) is 12.0 Å². The molecule has 0 fully saturated rings. The predicted molar refractivity (Wildman–Crippen MR) is 74.3 cm³/mol. The maximum atomic E-state index is 12.0. The van der Waals surface area contributed by atoms with Crippen LogP contribution in [0.25, 0.3) is 0 Å². The van der Waals surface area contributed by atoms with E-state index in [1.807, 2.05) is 13.8 Å². The first-order valence-corrected chi connectivity index (χ1v) is 7.72. The summed E-state index contributed by atoms with van der Waals surface area (Å²) >= 11 is 0. The summed E-state index contributed by atoms with van der Waals surface area (Å²) in [5, 5.41) is 2.65. The summed E-state index contributed by atoms with van der Waals surface area (Å²) in [7, 11) is -3.66. The van der Waals surface area contributed by atoms with Gasteiger partial charge in [0.2, 0.25) is 15.9 Å². The van der Waals surface area contributed by atoms with E-state index in [2.05, 4.69) is 10.0 Å². The van der Waals surface area contributed by atoms with Crippen molar-refractivity contribution in [2.75, 3.05) is 6.54 Å². The van der Waals surface area contributed by atoms with Crippen molar-refractivity contribution >= 4 is 15.9 Å². The lowest BCUT2D eigenvalue weighted by Gasteiger charge is -2.14. The number of sulfonamides is 1. The summed E-state index contributed by atoms with van der Waals surface area (Å²) in [4.78, 5) is 11.8. The van der Waals surface area contributed by atoms with E-state index >= 15 is 0 Å². The number of nitrogens with one attached hydrogen (secondary N) is 2. The molecule has 1 amide bonds. The maximum absolute atomic E-state index is 12.0. The number of benzene rings is 1. The van der Waals surface area contributed by atoms with Gasteiger partial charge in [-0.05, 0) is 32.4 Å². The van der Waals surface area contributed by atoms with Crippen LogP contribution in [-0.4, -0.2) is 26.9 Å². The Morgan fingerprint density at radius 2 is 1.84 bits per heavy atom. The van der Waals surface area contributed by atoms with Gasteiger partial charge in [-0.2, -0.15) is 4.72 Å². The van der Waals surface area contributed by atoms with Crippen molar-refractivity contribution in [2.45, 2.75) is 38.1 Å². The second-order valence-corrected chi connectivity index (χ2v) is 6.16. The van der Waals surface area contributed by atoms with Gasteiger partial charge in [0, 0.05) is 6.54 Å². The number of aryl methyl sites for hydroxylation is 1. The standard InChI is InChI=1S/C13H20N2O3S/c1-4-9-14-13(16)11(3)15-19(17,18)12-7-5-10(2)6-8-12/h5-8,11,15H,4,9H2,1-3H3,(H,14,16). The maximum Gasteiger partial charge on any atom is 0.241 e. The van der Waals surface area contributed by atoms with Crippen molar-refractivity contribution in [3.8, 4) is 0 Å². The molecule has 0 spiro atoms. The summed E-state index contributed by atoms with van der Waals surface area (Å²) in [5.41, 5.74) is 0.979. The number of hydrogen-bond acceptors (Lipinski definition) is 3. The zero-order valence-corrected chi connectivity index (χ0v) is 12.3. The third-order valence-corrected chi connectivity index (χ3v) is 4.16. The molecule has 1 aromatic rings. The van der Waals surface area contributed by atoms with Crippen LogP contribution in [0.4, 0.5) is 0 Å². The van der Waals surface area contributed by atoms with Gasteiger partial charge < -0.3 is 5.32 Å². The van der Waals surface area contributed by atoms with Gasteiger partial charge in [-0.15, -0.1) is 0 Å². The van der Waals surface area contributed by atoms with E-state index in [4.69, 9.17) is 0 Å². The second kappa shape index (κ2) is 6.68. The lowest BCUT2D eigenvalue weighted by Crippen LogP contribution is -2.44.